The molecule has 0 fully saturated rings. The molecule has 8 heteroatoms. The minimum Gasteiger partial charge on any atom is -0.449 e. The van der Waals surface area contributed by atoms with Gasteiger partial charge in [-0.2, -0.15) is 0 Å². The molecule has 36 heavy (non-hydrogen) atoms. The summed E-state index contributed by atoms with van der Waals surface area (Å²) in [5, 5.41) is 8.15. The normalized spacial score (nSPS) is 13.2. The Balaban J connectivity index is 1.42. The Kier molecular flexibility index (Phi) is 9.33. The fraction of sp³-hybridized carbons (Fsp3) is 0.464. The fourth-order valence-corrected chi connectivity index (χ4v) is 4.33. The van der Waals surface area contributed by atoms with Crippen LogP contribution in [0.1, 0.15) is 64.0 Å². The summed E-state index contributed by atoms with van der Waals surface area (Å²) in [5.74, 6) is -0.243. The van der Waals surface area contributed by atoms with Crippen LogP contribution in [0.4, 0.5) is 9.59 Å². The van der Waals surface area contributed by atoms with Crippen LogP contribution in [0.25, 0.3) is 11.1 Å². The van der Waals surface area contributed by atoms with Gasteiger partial charge in [0.2, 0.25) is 5.91 Å². The Hall–Kier alpha value is -3.55. The van der Waals surface area contributed by atoms with Crippen LogP contribution in [0.15, 0.2) is 48.5 Å². The molecule has 2 aromatic carbocycles. The first-order chi connectivity index (χ1) is 17.2. The number of carbonyl (C=O) groups is 3. The number of rotatable bonds is 10. The van der Waals surface area contributed by atoms with Crippen molar-refractivity contribution in [2.45, 2.75) is 64.5 Å². The van der Waals surface area contributed by atoms with Gasteiger partial charge < -0.3 is 25.4 Å². The monoisotopic (exact) mass is 495 g/mol. The van der Waals surface area contributed by atoms with Gasteiger partial charge in [-0.15, -0.1) is 0 Å². The first-order valence-electron chi connectivity index (χ1n) is 12.6. The highest BCUT2D eigenvalue weighted by atomic mass is 16.6. The van der Waals surface area contributed by atoms with Crippen molar-refractivity contribution in [3.63, 3.8) is 0 Å². The molecule has 0 aliphatic heterocycles. The number of benzene rings is 2. The van der Waals surface area contributed by atoms with Gasteiger partial charge in [-0.1, -0.05) is 48.5 Å². The SMILES string of the molecule is CCNC(=O)C(CCCCNC(=O)OCC1c2ccccc2-c2ccccc21)NC(=O)OC(C)(C)C. The van der Waals surface area contributed by atoms with Gasteiger partial charge in [0, 0.05) is 19.0 Å². The summed E-state index contributed by atoms with van der Waals surface area (Å²) >= 11 is 0. The van der Waals surface area contributed by atoms with Crippen molar-refractivity contribution >= 4 is 18.1 Å². The van der Waals surface area contributed by atoms with Gasteiger partial charge in [-0.05, 0) is 69.2 Å². The number of unbranched alkanes of at least 4 members (excludes halogenated alkanes) is 1. The Morgan fingerprint density at radius 1 is 0.889 bits per heavy atom. The quantitative estimate of drug-likeness (QED) is 0.414. The second kappa shape index (κ2) is 12.4. The lowest BCUT2D eigenvalue weighted by molar-refractivity contribution is -0.123. The molecule has 0 bridgehead atoms. The number of hydrogen-bond donors (Lipinski definition) is 3. The number of amides is 3. The van der Waals surface area contributed by atoms with E-state index in [2.05, 4.69) is 40.2 Å². The van der Waals surface area contributed by atoms with Crippen LogP contribution in [-0.4, -0.2) is 49.4 Å². The Morgan fingerprint density at radius 2 is 1.50 bits per heavy atom. The van der Waals surface area contributed by atoms with Crippen molar-refractivity contribution in [2.75, 3.05) is 19.7 Å². The van der Waals surface area contributed by atoms with E-state index in [4.69, 9.17) is 9.47 Å². The number of nitrogens with one attached hydrogen (secondary N) is 3. The third-order valence-corrected chi connectivity index (χ3v) is 5.89. The number of likely N-dealkylation sites (N-methyl/N-ethyl adjacent to an activating group) is 1. The molecule has 0 radical (unpaired) electrons. The zero-order valence-electron chi connectivity index (χ0n) is 21.6. The first kappa shape index (κ1) is 27.0. The van der Waals surface area contributed by atoms with Gasteiger partial charge >= 0.3 is 12.2 Å². The number of ether oxygens (including phenoxy) is 2. The molecule has 194 valence electrons. The lowest BCUT2D eigenvalue weighted by Crippen LogP contribution is -2.48. The van der Waals surface area contributed by atoms with Crippen molar-refractivity contribution in [3.05, 3.63) is 59.7 Å². The molecule has 1 atom stereocenters. The van der Waals surface area contributed by atoms with E-state index in [1.54, 1.807) is 20.8 Å². The summed E-state index contributed by atoms with van der Waals surface area (Å²) in [6.07, 6.45) is 0.592. The average Bonchev–Trinajstić information content (AvgIpc) is 3.14. The molecule has 3 N–H and O–H groups in total. The number of hydrogen-bond acceptors (Lipinski definition) is 5. The van der Waals surface area contributed by atoms with E-state index in [-0.39, 0.29) is 18.4 Å². The second-order valence-corrected chi connectivity index (χ2v) is 9.84. The van der Waals surface area contributed by atoms with Crippen LogP contribution in [0.2, 0.25) is 0 Å². The molecule has 1 unspecified atom stereocenters. The minimum absolute atomic E-state index is 0.0138. The molecule has 2 aromatic rings. The molecular formula is C28H37N3O5. The fourth-order valence-electron chi connectivity index (χ4n) is 4.33. The highest BCUT2D eigenvalue weighted by Gasteiger charge is 2.29. The van der Waals surface area contributed by atoms with Gasteiger partial charge in [0.15, 0.2) is 0 Å². The predicted molar refractivity (Wildman–Crippen MR) is 139 cm³/mol. The first-order valence-corrected chi connectivity index (χ1v) is 12.6. The maximum atomic E-state index is 12.3. The van der Waals surface area contributed by atoms with Gasteiger partial charge in [0.1, 0.15) is 18.2 Å². The van der Waals surface area contributed by atoms with Crippen molar-refractivity contribution in [1.82, 2.24) is 16.0 Å². The van der Waals surface area contributed by atoms with E-state index < -0.39 is 23.8 Å². The minimum atomic E-state index is -0.700. The zero-order valence-corrected chi connectivity index (χ0v) is 21.6. The summed E-state index contributed by atoms with van der Waals surface area (Å²) in [6, 6.07) is 15.7. The Bertz CT molecular complexity index is 1020. The predicted octanol–water partition coefficient (Wildman–Crippen LogP) is 4.72. The van der Waals surface area contributed by atoms with Gasteiger partial charge in [0.25, 0.3) is 0 Å². The molecule has 0 aromatic heterocycles. The molecular weight excluding hydrogens is 458 g/mol. The lowest BCUT2D eigenvalue weighted by Gasteiger charge is -2.23. The summed E-state index contributed by atoms with van der Waals surface area (Å²) < 4.78 is 10.8. The molecule has 3 amide bonds. The van der Waals surface area contributed by atoms with E-state index in [1.807, 2.05) is 31.2 Å². The van der Waals surface area contributed by atoms with E-state index in [9.17, 15) is 14.4 Å². The van der Waals surface area contributed by atoms with Crippen molar-refractivity contribution in [3.8, 4) is 11.1 Å². The Morgan fingerprint density at radius 3 is 2.08 bits per heavy atom. The van der Waals surface area contributed by atoms with E-state index in [0.717, 1.165) is 0 Å². The van der Waals surface area contributed by atoms with Crippen LogP contribution in [0.5, 0.6) is 0 Å². The molecule has 0 saturated carbocycles. The molecule has 1 aliphatic carbocycles. The van der Waals surface area contributed by atoms with Crippen LogP contribution < -0.4 is 16.0 Å². The lowest BCUT2D eigenvalue weighted by atomic mass is 9.98. The molecule has 3 rings (SSSR count). The molecule has 8 nitrogen and oxygen atoms in total. The van der Waals surface area contributed by atoms with Crippen LogP contribution in [0, 0.1) is 0 Å². The second-order valence-electron chi connectivity index (χ2n) is 9.84. The zero-order chi connectivity index (χ0) is 26.1. The maximum Gasteiger partial charge on any atom is 0.408 e. The van der Waals surface area contributed by atoms with Gasteiger partial charge in [-0.25, -0.2) is 9.59 Å². The smallest absolute Gasteiger partial charge is 0.408 e. The van der Waals surface area contributed by atoms with Crippen molar-refractivity contribution in [1.29, 1.82) is 0 Å². The third-order valence-electron chi connectivity index (χ3n) is 5.89. The van der Waals surface area contributed by atoms with Gasteiger partial charge in [0.05, 0.1) is 0 Å². The number of carbonyl (C=O) groups excluding carboxylic acids is 3. The summed E-state index contributed by atoms with van der Waals surface area (Å²) in [5.41, 5.74) is 4.05. The maximum absolute atomic E-state index is 12.3. The van der Waals surface area contributed by atoms with Crippen molar-refractivity contribution < 1.29 is 23.9 Å². The third kappa shape index (κ3) is 7.47. The van der Waals surface area contributed by atoms with Crippen LogP contribution in [-0.2, 0) is 14.3 Å². The average molecular weight is 496 g/mol. The van der Waals surface area contributed by atoms with E-state index >= 15 is 0 Å². The van der Waals surface area contributed by atoms with Crippen LogP contribution >= 0.6 is 0 Å². The largest absolute Gasteiger partial charge is 0.449 e. The highest BCUT2D eigenvalue weighted by Crippen LogP contribution is 2.44. The molecule has 0 saturated heterocycles. The van der Waals surface area contributed by atoms with E-state index in [0.29, 0.717) is 32.4 Å². The molecule has 0 heterocycles. The van der Waals surface area contributed by atoms with E-state index in [1.165, 1.54) is 22.3 Å². The number of alkyl carbamates (subject to hydrolysis) is 2. The topological polar surface area (TPSA) is 106 Å². The van der Waals surface area contributed by atoms with Crippen LogP contribution in [0.3, 0.4) is 0 Å². The number of fused-ring (bicyclic) bond motifs is 3. The van der Waals surface area contributed by atoms with Crippen molar-refractivity contribution in [2.24, 2.45) is 0 Å². The summed E-state index contributed by atoms with van der Waals surface area (Å²) in [6.45, 7) is 8.26. The molecule has 0 spiro atoms. The van der Waals surface area contributed by atoms with Gasteiger partial charge in [-0.3, -0.25) is 4.79 Å². The standard InChI is InChI=1S/C28H37N3O5/c1-5-29-25(32)24(31-27(34)36-28(2,3)4)16-10-11-17-30-26(33)35-18-23-21-14-8-6-12-19(21)20-13-7-9-15-22(20)23/h6-9,12-15,23-24H,5,10-11,16-18H2,1-4H3,(H,29,32)(H,30,33)(H,31,34). The summed E-state index contributed by atoms with van der Waals surface area (Å²) in [7, 11) is 0. The highest BCUT2D eigenvalue weighted by molar-refractivity contribution is 5.85. The Labute approximate surface area is 213 Å². The summed E-state index contributed by atoms with van der Waals surface area (Å²) in [4.78, 5) is 36.8. The molecule has 1 aliphatic rings.